The number of rotatable bonds is 9. The van der Waals surface area contributed by atoms with E-state index < -0.39 is 0 Å². The van der Waals surface area contributed by atoms with Crippen LogP contribution in [0.25, 0.3) is 6.08 Å². The molecule has 0 unspecified atom stereocenters. The molecule has 1 aromatic heterocycles. The van der Waals surface area contributed by atoms with Crippen LogP contribution in [0.1, 0.15) is 21.5 Å². The van der Waals surface area contributed by atoms with Gasteiger partial charge in [0.05, 0.1) is 21.3 Å². The van der Waals surface area contributed by atoms with Crippen LogP contribution in [0.3, 0.4) is 0 Å². The zero-order valence-electron chi connectivity index (χ0n) is 19.1. The molecule has 3 rings (SSSR count). The highest BCUT2D eigenvalue weighted by atomic mass is 16.5. The van der Waals surface area contributed by atoms with Gasteiger partial charge in [-0.15, -0.1) is 0 Å². The van der Waals surface area contributed by atoms with E-state index in [1.54, 1.807) is 54.6 Å². The molecule has 0 atom stereocenters. The van der Waals surface area contributed by atoms with E-state index >= 15 is 0 Å². The highest BCUT2D eigenvalue weighted by Crippen LogP contribution is 2.38. The lowest BCUT2D eigenvalue weighted by Crippen LogP contribution is -2.20. The molecule has 9 heteroatoms. The number of amides is 2. The van der Waals surface area contributed by atoms with Crippen molar-refractivity contribution in [1.82, 2.24) is 10.3 Å². The van der Waals surface area contributed by atoms with Crippen LogP contribution in [0.4, 0.5) is 11.5 Å². The zero-order valence-corrected chi connectivity index (χ0v) is 19.1. The van der Waals surface area contributed by atoms with Gasteiger partial charge in [0.1, 0.15) is 5.82 Å². The maximum Gasteiger partial charge on any atom is 0.255 e. The highest BCUT2D eigenvalue weighted by Gasteiger charge is 2.12. The van der Waals surface area contributed by atoms with Gasteiger partial charge in [0.2, 0.25) is 11.7 Å². The lowest BCUT2D eigenvalue weighted by molar-refractivity contribution is -0.116. The highest BCUT2D eigenvalue weighted by molar-refractivity contribution is 6.04. The summed E-state index contributed by atoms with van der Waals surface area (Å²) in [6.07, 6.45) is 4.59. The van der Waals surface area contributed by atoms with Gasteiger partial charge in [0.15, 0.2) is 11.5 Å². The minimum absolute atomic E-state index is 0.269. The molecule has 3 aromatic rings. The van der Waals surface area contributed by atoms with Crippen LogP contribution in [0, 0.1) is 0 Å². The number of nitrogen functional groups attached to an aromatic ring is 1. The normalized spacial score (nSPS) is 10.6. The third-order valence-corrected chi connectivity index (χ3v) is 4.84. The van der Waals surface area contributed by atoms with E-state index in [9.17, 15) is 9.59 Å². The first-order valence-electron chi connectivity index (χ1n) is 10.3. The molecule has 4 N–H and O–H groups in total. The molecule has 0 aliphatic heterocycles. The Kier molecular flexibility index (Phi) is 8.07. The molecule has 2 amide bonds. The molecule has 176 valence electrons. The van der Waals surface area contributed by atoms with Crippen LogP contribution < -0.4 is 30.6 Å². The number of methoxy groups -OCH3 is 3. The van der Waals surface area contributed by atoms with Gasteiger partial charge >= 0.3 is 0 Å². The lowest BCUT2D eigenvalue weighted by atomic mass is 10.1. The van der Waals surface area contributed by atoms with Crippen LogP contribution in [0.2, 0.25) is 0 Å². The van der Waals surface area contributed by atoms with Crippen molar-refractivity contribution in [1.29, 1.82) is 0 Å². The zero-order chi connectivity index (χ0) is 24.5. The molecule has 1 heterocycles. The van der Waals surface area contributed by atoms with Gasteiger partial charge in [0, 0.05) is 36.1 Å². The van der Waals surface area contributed by atoms with Crippen LogP contribution in [-0.4, -0.2) is 38.1 Å². The summed E-state index contributed by atoms with van der Waals surface area (Å²) in [5.74, 6) is 1.26. The Bertz CT molecular complexity index is 1170. The Labute approximate surface area is 197 Å². The van der Waals surface area contributed by atoms with Crippen molar-refractivity contribution in [3.05, 3.63) is 77.5 Å². The second kappa shape index (κ2) is 11.4. The molecule has 0 aliphatic carbocycles. The quantitative estimate of drug-likeness (QED) is 0.417. The van der Waals surface area contributed by atoms with Crippen molar-refractivity contribution in [2.75, 3.05) is 32.4 Å². The summed E-state index contributed by atoms with van der Waals surface area (Å²) >= 11 is 0. The molecule has 0 fully saturated rings. The summed E-state index contributed by atoms with van der Waals surface area (Å²) < 4.78 is 15.9. The molecule has 0 saturated carbocycles. The maximum absolute atomic E-state index is 12.4. The molecule has 9 nitrogen and oxygen atoms in total. The van der Waals surface area contributed by atoms with E-state index in [2.05, 4.69) is 15.6 Å². The maximum atomic E-state index is 12.4. The summed E-state index contributed by atoms with van der Waals surface area (Å²) in [5.41, 5.74) is 8.23. The van der Waals surface area contributed by atoms with E-state index in [-0.39, 0.29) is 11.8 Å². The van der Waals surface area contributed by atoms with Gasteiger partial charge < -0.3 is 30.6 Å². The van der Waals surface area contributed by atoms with Gasteiger partial charge in [-0.05, 0) is 47.5 Å². The Balaban J connectivity index is 1.57. The monoisotopic (exact) mass is 462 g/mol. The minimum atomic E-state index is -0.272. The summed E-state index contributed by atoms with van der Waals surface area (Å²) in [7, 11) is 4.59. The fourth-order valence-electron chi connectivity index (χ4n) is 3.12. The molecule has 0 saturated heterocycles. The molecule has 0 radical (unpaired) electrons. The third-order valence-electron chi connectivity index (χ3n) is 4.84. The first kappa shape index (κ1) is 24.1. The van der Waals surface area contributed by atoms with Gasteiger partial charge in [-0.2, -0.15) is 0 Å². The number of carbonyl (C=O) groups is 2. The van der Waals surface area contributed by atoms with Crippen molar-refractivity contribution < 1.29 is 23.8 Å². The first-order chi connectivity index (χ1) is 16.4. The average Bonchev–Trinajstić information content (AvgIpc) is 2.85. The number of ether oxygens (including phenoxy) is 3. The van der Waals surface area contributed by atoms with Crippen molar-refractivity contribution in [2.24, 2.45) is 0 Å². The third kappa shape index (κ3) is 6.26. The van der Waals surface area contributed by atoms with Crippen LogP contribution in [0.5, 0.6) is 17.2 Å². The van der Waals surface area contributed by atoms with E-state index in [0.717, 1.165) is 11.1 Å². The van der Waals surface area contributed by atoms with Crippen molar-refractivity contribution in [3.63, 3.8) is 0 Å². The molecule has 0 bridgehead atoms. The van der Waals surface area contributed by atoms with Crippen molar-refractivity contribution >= 4 is 29.4 Å². The Morgan fingerprint density at radius 1 is 0.971 bits per heavy atom. The number of anilines is 2. The molecule has 34 heavy (non-hydrogen) atoms. The summed E-state index contributed by atoms with van der Waals surface area (Å²) in [6.45, 7) is 0.307. The number of nitrogens with two attached hydrogens (primary N) is 1. The number of hydrogen-bond acceptors (Lipinski definition) is 7. The number of pyridine rings is 1. The molecular formula is C25H26N4O5. The van der Waals surface area contributed by atoms with Gasteiger partial charge in [-0.3, -0.25) is 9.59 Å². The van der Waals surface area contributed by atoms with Crippen molar-refractivity contribution in [3.8, 4) is 17.2 Å². The van der Waals surface area contributed by atoms with Gasteiger partial charge in [0.25, 0.3) is 5.91 Å². The fraction of sp³-hybridized carbons (Fsp3) is 0.160. The van der Waals surface area contributed by atoms with Crippen LogP contribution in [0.15, 0.2) is 60.8 Å². The van der Waals surface area contributed by atoms with E-state index in [0.29, 0.717) is 40.9 Å². The predicted molar refractivity (Wildman–Crippen MR) is 130 cm³/mol. The van der Waals surface area contributed by atoms with Crippen LogP contribution >= 0.6 is 0 Å². The topological polar surface area (TPSA) is 125 Å². The number of nitrogens with zero attached hydrogens (tertiary/aromatic N) is 1. The number of nitrogens with one attached hydrogen (secondary N) is 2. The van der Waals surface area contributed by atoms with E-state index in [1.807, 2.05) is 0 Å². The second-order valence-electron chi connectivity index (χ2n) is 7.13. The Hall–Kier alpha value is -4.53. The number of hydrogen-bond donors (Lipinski definition) is 3. The molecule has 0 aliphatic rings. The smallest absolute Gasteiger partial charge is 0.255 e. The Morgan fingerprint density at radius 2 is 1.65 bits per heavy atom. The van der Waals surface area contributed by atoms with Gasteiger partial charge in [-0.1, -0.05) is 12.1 Å². The summed E-state index contributed by atoms with van der Waals surface area (Å²) in [6, 6.07) is 13.7. The summed E-state index contributed by atoms with van der Waals surface area (Å²) in [4.78, 5) is 28.5. The largest absolute Gasteiger partial charge is 0.493 e. The SMILES string of the molecule is COc1cc(C=CC(=O)NCc2ccc(C(=O)Nc3ccnc(N)c3)cc2)cc(OC)c1OC. The standard InChI is InChI=1S/C25H26N4O5/c1-32-20-12-17(13-21(33-2)24(20)34-3)6-9-23(30)28-15-16-4-7-18(8-5-16)25(31)29-19-10-11-27-22(26)14-19/h4-14H,15H2,1-3H3,(H,28,30)(H3,26,27,29,31). The number of carbonyl (C=O) groups excluding carboxylic acids is 2. The number of aromatic nitrogens is 1. The van der Waals surface area contributed by atoms with Crippen LogP contribution in [-0.2, 0) is 11.3 Å². The minimum Gasteiger partial charge on any atom is -0.493 e. The lowest BCUT2D eigenvalue weighted by Gasteiger charge is -2.12. The second-order valence-corrected chi connectivity index (χ2v) is 7.13. The first-order valence-corrected chi connectivity index (χ1v) is 10.3. The Morgan fingerprint density at radius 3 is 2.24 bits per heavy atom. The van der Waals surface area contributed by atoms with E-state index in [4.69, 9.17) is 19.9 Å². The average molecular weight is 463 g/mol. The number of benzene rings is 2. The predicted octanol–water partition coefficient (Wildman–Crippen LogP) is 3.27. The fourth-order valence-corrected chi connectivity index (χ4v) is 3.12. The molecule has 0 spiro atoms. The molecule has 2 aromatic carbocycles. The molecular weight excluding hydrogens is 436 g/mol. The van der Waals surface area contributed by atoms with Gasteiger partial charge in [-0.25, -0.2) is 4.98 Å². The van der Waals surface area contributed by atoms with Crippen molar-refractivity contribution in [2.45, 2.75) is 6.54 Å². The van der Waals surface area contributed by atoms with E-state index in [1.165, 1.54) is 33.6 Å². The summed E-state index contributed by atoms with van der Waals surface area (Å²) in [5, 5.41) is 5.57.